The molecule has 2 fully saturated rings. The number of nitrogens with one attached hydrogen (secondary N) is 1. The number of fused-ring (bicyclic) bond motifs is 3. The van der Waals surface area contributed by atoms with E-state index in [-0.39, 0.29) is 37.0 Å². The van der Waals surface area contributed by atoms with Gasteiger partial charge in [0.15, 0.2) is 0 Å². The smallest absolute Gasteiger partial charge is 0.332 e. The van der Waals surface area contributed by atoms with Crippen LogP contribution in [-0.2, 0) is 35.5 Å². The van der Waals surface area contributed by atoms with Gasteiger partial charge in [-0.25, -0.2) is 4.79 Å². The van der Waals surface area contributed by atoms with Gasteiger partial charge < -0.3 is 19.9 Å². The van der Waals surface area contributed by atoms with E-state index in [9.17, 15) is 14.4 Å². The molecule has 7 rings (SSSR count). The maximum atomic E-state index is 14.4. The third-order valence-corrected chi connectivity index (χ3v) is 10.9. The van der Waals surface area contributed by atoms with Crippen molar-refractivity contribution in [3.05, 3.63) is 110 Å². The second-order valence-corrected chi connectivity index (χ2v) is 14.4. The van der Waals surface area contributed by atoms with E-state index in [0.29, 0.717) is 31.1 Å². The highest BCUT2D eigenvalue weighted by molar-refractivity contribution is 14.1. The number of carbonyl (C=O) groups is 3. The van der Waals surface area contributed by atoms with Crippen LogP contribution < -0.4 is 10.1 Å². The number of hydrazine groups is 1. The molecular formula is C37H37ClIN5O4. The zero-order valence-electron chi connectivity index (χ0n) is 26.9. The lowest BCUT2D eigenvalue weighted by Gasteiger charge is -2.47. The van der Waals surface area contributed by atoms with E-state index in [2.05, 4.69) is 58.2 Å². The molecule has 0 saturated carbocycles. The Balaban J connectivity index is 1.20. The Bertz CT molecular complexity index is 1900. The number of nitrogens with zero attached hydrogens (tertiary/aromatic N) is 4. The van der Waals surface area contributed by atoms with Gasteiger partial charge in [0.25, 0.3) is 0 Å². The first kappa shape index (κ1) is 32.7. The third kappa shape index (κ3) is 6.33. The molecule has 4 aromatic rings. The quantitative estimate of drug-likeness (QED) is 0.223. The molecular weight excluding hydrogens is 741 g/mol. The van der Waals surface area contributed by atoms with Crippen LogP contribution in [0, 0.1) is 3.57 Å². The summed E-state index contributed by atoms with van der Waals surface area (Å²) in [5.74, 6) is 0.613. The van der Waals surface area contributed by atoms with Gasteiger partial charge in [-0.1, -0.05) is 72.3 Å². The normalized spacial score (nSPS) is 19.1. The molecule has 0 unspecified atom stereocenters. The van der Waals surface area contributed by atoms with Crippen LogP contribution in [0.1, 0.15) is 36.1 Å². The van der Waals surface area contributed by atoms with Gasteiger partial charge in [-0.05, 0) is 87.7 Å². The number of piperazine rings is 1. The van der Waals surface area contributed by atoms with Gasteiger partial charge in [0.2, 0.25) is 11.8 Å². The molecule has 0 spiro atoms. The Kier molecular flexibility index (Phi) is 9.23. The summed E-state index contributed by atoms with van der Waals surface area (Å²) in [7, 11) is 0. The average molecular weight is 778 g/mol. The molecule has 0 bridgehead atoms. The van der Waals surface area contributed by atoms with Crippen molar-refractivity contribution >= 4 is 62.8 Å². The fourth-order valence-electron chi connectivity index (χ4n) is 7.15. The lowest BCUT2D eigenvalue weighted by atomic mass is 9.97. The average Bonchev–Trinajstić information content (AvgIpc) is 3.67. The van der Waals surface area contributed by atoms with Crippen molar-refractivity contribution in [3.63, 3.8) is 0 Å². The number of ether oxygens (including phenoxy) is 1. The molecule has 4 aromatic carbocycles. The highest BCUT2D eigenvalue weighted by Crippen LogP contribution is 2.33. The maximum Gasteiger partial charge on any atom is 0.332 e. The number of urea groups is 1. The monoisotopic (exact) mass is 777 g/mol. The molecule has 0 radical (unpaired) electrons. The standard InChI is InChI=1S/C37H37ClIN5O4/c1-23(2)44(37(47)40-19-25-10-12-30(38)31(39)17-25)42-22-35(45)43-32(18-24-11-13-33-27(16-24)14-15-48-33)36(46)41(21-34(42)43)20-28-8-5-7-26-6-3-4-9-29(26)28/h3-13,16-17,23,32,34H,14-15,18-22H2,1-2H3,(H,40,47)/t32-,34+/m0/s1. The van der Waals surface area contributed by atoms with E-state index in [0.717, 1.165) is 48.8 Å². The number of hydrogen-bond acceptors (Lipinski definition) is 5. The second-order valence-electron chi connectivity index (χ2n) is 12.8. The molecule has 0 aliphatic carbocycles. The lowest BCUT2D eigenvalue weighted by molar-refractivity contribution is -0.158. The summed E-state index contributed by atoms with van der Waals surface area (Å²) >= 11 is 8.38. The largest absolute Gasteiger partial charge is 0.493 e. The first-order chi connectivity index (χ1) is 23.2. The van der Waals surface area contributed by atoms with Gasteiger partial charge in [0.1, 0.15) is 18.0 Å². The van der Waals surface area contributed by atoms with Crippen LogP contribution in [-0.4, -0.2) is 75.6 Å². The SMILES string of the molecule is CC(C)N(C(=O)NCc1ccc(Cl)c(I)c1)N1CC(=O)N2[C@@H](Cc3ccc4c(c3)CCO4)C(=O)N(Cc3cccc4ccccc34)C[C@@H]21. The van der Waals surface area contributed by atoms with Crippen molar-refractivity contribution in [1.29, 1.82) is 0 Å². The number of carbonyl (C=O) groups excluding carboxylic acids is 3. The summed E-state index contributed by atoms with van der Waals surface area (Å²) in [4.78, 5) is 45.8. The summed E-state index contributed by atoms with van der Waals surface area (Å²) < 4.78 is 6.62. The number of hydrogen-bond donors (Lipinski definition) is 1. The summed E-state index contributed by atoms with van der Waals surface area (Å²) in [6.45, 7) is 5.49. The molecule has 3 aliphatic rings. The maximum absolute atomic E-state index is 14.4. The first-order valence-electron chi connectivity index (χ1n) is 16.3. The summed E-state index contributed by atoms with van der Waals surface area (Å²) in [5.41, 5.74) is 4.05. The molecule has 9 nitrogen and oxygen atoms in total. The predicted octanol–water partition coefficient (Wildman–Crippen LogP) is 5.99. The second kappa shape index (κ2) is 13.6. The van der Waals surface area contributed by atoms with Crippen molar-refractivity contribution in [3.8, 4) is 5.75 Å². The molecule has 4 amide bonds. The summed E-state index contributed by atoms with van der Waals surface area (Å²) in [6.07, 6.45) is 0.677. The summed E-state index contributed by atoms with van der Waals surface area (Å²) in [5, 5.41) is 9.38. The Hall–Kier alpha value is -3.87. The van der Waals surface area contributed by atoms with E-state index in [1.807, 2.05) is 72.3 Å². The van der Waals surface area contributed by atoms with Crippen molar-refractivity contribution in [2.45, 2.75) is 58.0 Å². The van der Waals surface area contributed by atoms with Gasteiger partial charge >= 0.3 is 6.03 Å². The Morgan fingerprint density at radius 3 is 2.65 bits per heavy atom. The Morgan fingerprint density at radius 2 is 1.83 bits per heavy atom. The van der Waals surface area contributed by atoms with Crippen molar-refractivity contribution < 1.29 is 19.1 Å². The van der Waals surface area contributed by atoms with E-state index in [1.165, 1.54) is 0 Å². The topological polar surface area (TPSA) is 85.4 Å². The van der Waals surface area contributed by atoms with E-state index in [1.54, 1.807) is 9.91 Å². The van der Waals surface area contributed by atoms with Crippen molar-refractivity contribution in [2.75, 3.05) is 19.7 Å². The van der Waals surface area contributed by atoms with Gasteiger partial charge in [-0.3, -0.25) is 14.6 Å². The van der Waals surface area contributed by atoms with Gasteiger partial charge in [0, 0.05) is 35.5 Å². The van der Waals surface area contributed by atoms with Crippen LogP contribution in [0.3, 0.4) is 0 Å². The molecule has 3 aliphatic heterocycles. The molecule has 248 valence electrons. The summed E-state index contributed by atoms with van der Waals surface area (Å²) in [6, 6.07) is 24.7. The van der Waals surface area contributed by atoms with Crippen LogP contribution in [0.5, 0.6) is 5.75 Å². The molecule has 48 heavy (non-hydrogen) atoms. The molecule has 3 heterocycles. The van der Waals surface area contributed by atoms with Crippen molar-refractivity contribution in [2.24, 2.45) is 0 Å². The van der Waals surface area contributed by atoms with Crippen LogP contribution in [0.4, 0.5) is 4.79 Å². The predicted molar refractivity (Wildman–Crippen MR) is 193 cm³/mol. The number of halogens is 2. The zero-order chi connectivity index (χ0) is 33.5. The van der Waals surface area contributed by atoms with E-state index < -0.39 is 12.2 Å². The molecule has 2 saturated heterocycles. The molecule has 1 N–H and O–H groups in total. The van der Waals surface area contributed by atoms with Crippen molar-refractivity contribution in [1.82, 2.24) is 25.1 Å². The van der Waals surface area contributed by atoms with Gasteiger partial charge in [0.05, 0.1) is 24.7 Å². The number of benzene rings is 4. The first-order valence-corrected chi connectivity index (χ1v) is 17.7. The molecule has 2 atom stereocenters. The third-order valence-electron chi connectivity index (χ3n) is 9.39. The van der Waals surface area contributed by atoms with Crippen LogP contribution in [0.2, 0.25) is 5.02 Å². The minimum absolute atomic E-state index is 0.000967. The van der Waals surface area contributed by atoms with E-state index in [4.69, 9.17) is 16.3 Å². The lowest BCUT2D eigenvalue weighted by Crippen LogP contribution is -2.66. The van der Waals surface area contributed by atoms with Gasteiger partial charge in [-0.15, -0.1) is 0 Å². The fourth-order valence-corrected chi connectivity index (χ4v) is 7.84. The molecule has 11 heteroatoms. The highest BCUT2D eigenvalue weighted by Gasteiger charge is 2.52. The highest BCUT2D eigenvalue weighted by atomic mass is 127. The number of rotatable bonds is 8. The van der Waals surface area contributed by atoms with Crippen LogP contribution in [0.15, 0.2) is 78.9 Å². The van der Waals surface area contributed by atoms with E-state index >= 15 is 0 Å². The van der Waals surface area contributed by atoms with Gasteiger partial charge in [-0.2, -0.15) is 5.01 Å². The van der Waals surface area contributed by atoms with Crippen LogP contribution >= 0.6 is 34.2 Å². The Labute approximate surface area is 298 Å². The minimum atomic E-state index is -0.718. The van der Waals surface area contributed by atoms with Crippen LogP contribution in [0.25, 0.3) is 10.8 Å². The molecule has 0 aromatic heterocycles. The minimum Gasteiger partial charge on any atom is -0.493 e. The zero-order valence-corrected chi connectivity index (χ0v) is 29.8. The number of amides is 4. The Morgan fingerprint density at radius 1 is 1.04 bits per heavy atom. The fraction of sp³-hybridized carbons (Fsp3) is 0.324.